The lowest BCUT2D eigenvalue weighted by atomic mass is 10.1. The normalized spacial score (nSPS) is 14.5. The summed E-state index contributed by atoms with van der Waals surface area (Å²) in [7, 11) is 0. The number of rotatable bonds is 6. The third-order valence-electron chi connectivity index (χ3n) is 4.56. The molecule has 0 aliphatic carbocycles. The van der Waals surface area contributed by atoms with E-state index in [0.717, 1.165) is 45.6 Å². The van der Waals surface area contributed by atoms with Crippen LogP contribution in [0.1, 0.15) is 11.1 Å². The minimum Gasteiger partial charge on any atom is -0.383 e. The molecule has 1 amide bonds. The highest BCUT2D eigenvalue weighted by atomic mass is 16.1. The van der Waals surface area contributed by atoms with Crippen molar-refractivity contribution in [2.45, 2.75) is 13.3 Å². The lowest BCUT2D eigenvalue weighted by Crippen LogP contribution is -2.45. The first-order chi connectivity index (χ1) is 11.8. The average Bonchev–Trinajstić information content (AvgIpc) is 2.64. The number of hydrogen-bond donors (Lipinski definition) is 1. The number of amides is 1. The summed E-state index contributed by atoms with van der Waals surface area (Å²) < 4.78 is 0. The zero-order valence-electron chi connectivity index (χ0n) is 14.2. The fourth-order valence-corrected chi connectivity index (χ4v) is 3.06. The van der Waals surface area contributed by atoms with Gasteiger partial charge in [0.05, 0.1) is 11.4 Å². The van der Waals surface area contributed by atoms with Gasteiger partial charge in [0.1, 0.15) is 0 Å². The van der Waals surface area contributed by atoms with Crippen molar-refractivity contribution in [3.8, 4) is 0 Å². The summed E-state index contributed by atoms with van der Waals surface area (Å²) >= 11 is 0. The van der Waals surface area contributed by atoms with Gasteiger partial charge in [0.2, 0.25) is 6.41 Å². The molecule has 126 valence electrons. The molecule has 2 aromatic rings. The molecule has 0 atom stereocenters. The van der Waals surface area contributed by atoms with Crippen molar-refractivity contribution in [2.24, 2.45) is 0 Å². The van der Waals surface area contributed by atoms with Crippen molar-refractivity contribution >= 4 is 17.8 Å². The molecular formula is C20H25N3O. The fraction of sp³-hybridized carbons (Fsp3) is 0.350. The Morgan fingerprint density at radius 3 is 2.42 bits per heavy atom. The number of nitrogens with zero attached hydrogens (tertiary/aromatic N) is 2. The molecule has 0 radical (unpaired) electrons. The molecule has 4 nitrogen and oxygen atoms in total. The molecule has 4 heteroatoms. The predicted octanol–water partition coefficient (Wildman–Crippen LogP) is 2.93. The Labute approximate surface area is 144 Å². The van der Waals surface area contributed by atoms with Crippen molar-refractivity contribution in [1.29, 1.82) is 0 Å². The second-order valence-electron chi connectivity index (χ2n) is 6.31. The maximum atomic E-state index is 10.9. The molecule has 0 saturated carbocycles. The SMILES string of the molecule is Cc1ccc(CCNc2ccccc2N2CCN(C=O)CC2)cc1. The van der Waals surface area contributed by atoms with Gasteiger partial charge in [-0.3, -0.25) is 4.79 Å². The maximum Gasteiger partial charge on any atom is 0.209 e. The van der Waals surface area contributed by atoms with Crippen LogP contribution in [-0.4, -0.2) is 44.0 Å². The Kier molecular flexibility index (Phi) is 5.36. The van der Waals surface area contributed by atoms with Crippen LogP contribution in [0.5, 0.6) is 0 Å². The summed E-state index contributed by atoms with van der Waals surface area (Å²) in [6.45, 7) is 6.38. The topological polar surface area (TPSA) is 35.6 Å². The predicted molar refractivity (Wildman–Crippen MR) is 99.7 cm³/mol. The molecule has 0 aromatic heterocycles. The molecule has 1 saturated heterocycles. The lowest BCUT2D eigenvalue weighted by Gasteiger charge is -2.35. The highest BCUT2D eigenvalue weighted by Crippen LogP contribution is 2.26. The summed E-state index contributed by atoms with van der Waals surface area (Å²) in [4.78, 5) is 15.1. The molecule has 0 bridgehead atoms. The van der Waals surface area contributed by atoms with Gasteiger partial charge in [-0.05, 0) is 31.0 Å². The standard InChI is InChI=1S/C20H25N3O/c1-17-6-8-18(9-7-17)10-11-21-19-4-2-3-5-20(19)23-14-12-22(16-24)13-15-23/h2-9,16,21H,10-15H2,1H3. The maximum absolute atomic E-state index is 10.9. The van der Waals surface area contributed by atoms with Crippen LogP contribution in [-0.2, 0) is 11.2 Å². The van der Waals surface area contributed by atoms with Gasteiger partial charge in [0.25, 0.3) is 0 Å². The number of para-hydroxylation sites is 2. The van der Waals surface area contributed by atoms with Gasteiger partial charge in [-0.1, -0.05) is 42.0 Å². The van der Waals surface area contributed by atoms with Gasteiger partial charge in [0, 0.05) is 32.7 Å². The zero-order valence-corrected chi connectivity index (χ0v) is 14.2. The van der Waals surface area contributed by atoms with E-state index in [-0.39, 0.29) is 0 Å². The smallest absolute Gasteiger partial charge is 0.209 e. The number of piperazine rings is 1. The average molecular weight is 323 g/mol. The molecule has 0 unspecified atom stereocenters. The number of anilines is 2. The highest BCUT2D eigenvalue weighted by Gasteiger charge is 2.17. The lowest BCUT2D eigenvalue weighted by molar-refractivity contribution is -0.118. The number of carbonyl (C=O) groups is 1. The van der Waals surface area contributed by atoms with E-state index >= 15 is 0 Å². The van der Waals surface area contributed by atoms with Crippen molar-refractivity contribution in [2.75, 3.05) is 42.9 Å². The second-order valence-corrected chi connectivity index (χ2v) is 6.31. The van der Waals surface area contributed by atoms with E-state index in [9.17, 15) is 4.79 Å². The summed E-state index contributed by atoms with van der Waals surface area (Å²) in [6.07, 6.45) is 1.95. The van der Waals surface area contributed by atoms with Crippen molar-refractivity contribution in [1.82, 2.24) is 4.90 Å². The Bertz CT molecular complexity index is 661. The third-order valence-corrected chi connectivity index (χ3v) is 4.56. The molecular weight excluding hydrogens is 298 g/mol. The summed E-state index contributed by atoms with van der Waals surface area (Å²) in [5.74, 6) is 0. The van der Waals surface area contributed by atoms with Crippen LogP contribution in [0.15, 0.2) is 48.5 Å². The first-order valence-corrected chi connectivity index (χ1v) is 8.59. The molecule has 2 aromatic carbocycles. The van der Waals surface area contributed by atoms with E-state index < -0.39 is 0 Å². The third kappa shape index (κ3) is 4.07. The number of carbonyl (C=O) groups excluding carboxylic acids is 1. The quantitative estimate of drug-likeness (QED) is 0.830. The van der Waals surface area contributed by atoms with E-state index in [2.05, 4.69) is 65.7 Å². The van der Waals surface area contributed by atoms with Gasteiger partial charge < -0.3 is 15.1 Å². The first-order valence-electron chi connectivity index (χ1n) is 8.59. The van der Waals surface area contributed by atoms with E-state index in [0.29, 0.717) is 0 Å². The number of aryl methyl sites for hydroxylation is 1. The van der Waals surface area contributed by atoms with E-state index in [4.69, 9.17) is 0 Å². The molecule has 1 aliphatic heterocycles. The van der Waals surface area contributed by atoms with E-state index in [1.807, 2.05) is 4.90 Å². The molecule has 1 heterocycles. The van der Waals surface area contributed by atoms with Crippen LogP contribution in [0.2, 0.25) is 0 Å². The van der Waals surface area contributed by atoms with Crippen molar-refractivity contribution in [3.05, 3.63) is 59.7 Å². The molecule has 1 aliphatic rings. The monoisotopic (exact) mass is 323 g/mol. The van der Waals surface area contributed by atoms with Crippen LogP contribution in [0.25, 0.3) is 0 Å². The molecule has 3 rings (SSSR count). The Morgan fingerprint density at radius 1 is 1.00 bits per heavy atom. The number of hydrogen-bond acceptors (Lipinski definition) is 3. The summed E-state index contributed by atoms with van der Waals surface area (Å²) in [6, 6.07) is 17.2. The van der Waals surface area contributed by atoms with Crippen LogP contribution < -0.4 is 10.2 Å². The molecule has 1 fully saturated rings. The second kappa shape index (κ2) is 7.86. The summed E-state index contributed by atoms with van der Waals surface area (Å²) in [5, 5.41) is 3.57. The number of benzene rings is 2. The fourth-order valence-electron chi connectivity index (χ4n) is 3.06. The van der Waals surface area contributed by atoms with Gasteiger partial charge >= 0.3 is 0 Å². The largest absolute Gasteiger partial charge is 0.383 e. The van der Waals surface area contributed by atoms with Crippen LogP contribution in [0, 0.1) is 6.92 Å². The Hall–Kier alpha value is -2.49. The van der Waals surface area contributed by atoms with Crippen molar-refractivity contribution < 1.29 is 4.79 Å². The molecule has 24 heavy (non-hydrogen) atoms. The van der Waals surface area contributed by atoms with Gasteiger partial charge in [0.15, 0.2) is 0 Å². The van der Waals surface area contributed by atoms with Gasteiger partial charge in [-0.2, -0.15) is 0 Å². The van der Waals surface area contributed by atoms with Crippen LogP contribution in [0.4, 0.5) is 11.4 Å². The van der Waals surface area contributed by atoms with Crippen LogP contribution >= 0.6 is 0 Å². The Balaban J connectivity index is 1.60. The zero-order chi connectivity index (χ0) is 16.8. The summed E-state index contributed by atoms with van der Waals surface area (Å²) in [5.41, 5.74) is 5.05. The molecule has 0 spiro atoms. The molecule has 1 N–H and O–H groups in total. The van der Waals surface area contributed by atoms with Crippen molar-refractivity contribution in [3.63, 3.8) is 0 Å². The Morgan fingerprint density at radius 2 is 1.71 bits per heavy atom. The highest BCUT2D eigenvalue weighted by molar-refractivity contribution is 5.70. The first kappa shape index (κ1) is 16.4. The van der Waals surface area contributed by atoms with Gasteiger partial charge in [-0.25, -0.2) is 0 Å². The minimum atomic E-state index is 0.793. The van der Waals surface area contributed by atoms with Crippen LogP contribution in [0.3, 0.4) is 0 Å². The van der Waals surface area contributed by atoms with E-state index in [1.54, 1.807) is 0 Å². The number of nitrogens with one attached hydrogen (secondary N) is 1. The van der Waals surface area contributed by atoms with E-state index in [1.165, 1.54) is 22.5 Å². The minimum absolute atomic E-state index is 0.793. The van der Waals surface area contributed by atoms with Gasteiger partial charge in [-0.15, -0.1) is 0 Å².